The van der Waals surface area contributed by atoms with Crippen LogP contribution in [0.3, 0.4) is 0 Å². The number of rotatable bonds is 3. The van der Waals surface area contributed by atoms with E-state index in [0.717, 1.165) is 12.0 Å². The molecule has 0 heterocycles. The molecular weight excluding hydrogens is 103 g/mol. The summed E-state index contributed by atoms with van der Waals surface area (Å²) in [6.45, 7) is 0. The molecule has 0 aromatic rings. The first-order chi connectivity index (χ1) is 2.91. The van der Waals surface area contributed by atoms with E-state index in [9.17, 15) is 0 Å². The Morgan fingerprint density at radius 2 is 2.33 bits per heavy atom. The molecule has 0 radical (unpaired) electrons. The monoisotopic (exact) mass is 108 g/mol. The molecule has 0 rings (SSSR count). The van der Waals surface area contributed by atoms with Gasteiger partial charge in [0.2, 0.25) is 0 Å². The van der Waals surface area contributed by atoms with Crippen molar-refractivity contribution in [1.82, 2.24) is 0 Å². The Hall–Kier alpha value is 0.295. The molecule has 0 aliphatic carbocycles. The largest absolute Gasteiger partial charge is 0.310 e. The Balaban J connectivity index is 2.34. The molecule has 0 aliphatic rings. The molecule has 0 amide bonds. The summed E-state index contributed by atoms with van der Waals surface area (Å²) in [5, 5.41) is 3.95. The summed E-state index contributed by atoms with van der Waals surface area (Å²) in [6, 6.07) is 0. The van der Waals surface area contributed by atoms with Crippen molar-refractivity contribution in [3.05, 3.63) is 0 Å². The van der Waals surface area contributed by atoms with Crippen LogP contribution in [-0.2, 0) is 14.2 Å². The van der Waals surface area contributed by atoms with Crippen LogP contribution in [0.15, 0.2) is 0 Å². The van der Waals surface area contributed by atoms with Gasteiger partial charge >= 0.3 is 8.05 Å². The molecule has 0 atom stereocenters. The zero-order chi connectivity index (χ0) is 4.83. The van der Waals surface area contributed by atoms with Crippen molar-refractivity contribution >= 4 is 20.1 Å². The third kappa shape index (κ3) is 4.29. The maximum absolute atomic E-state index is 4.18. The zero-order valence-corrected chi connectivity index (χ0v) is 4.45. The lowest BCUT2D eigenvalue weighted by Gasteiger charge is -1.89. The lowest BCUT2D eigenvalue weighted by Crippen LogP contribution is -1.83. The van der Waals surface area contributed by atoms with Crippen LogP contribution in [-0.4, -0.2) is 14.3 Å². The van der Waals surface area contributed by atoms with Gasteiger partial charge in [-0.3, -0.25) is 4.81 Å². The molecule has 0 aliphatic heterocycles. The maximum atomic E-state index is 4.18. The fourth-order valence-corrected chi connectivity index (χ4v) is 0.167. The minimum absolute atomic E-state index is 1.08. The topological polar surface area (TPSA) is 27.7 Å². The van der Waals surface area contributed by atoms with Gasteiger partial charge in [0.05, 0.1) is 0 Å². The normalized spacial score (nSPS) is 8.83. The van der Waals surface area contributed by atoms with Gasteiger partial charge in [0.25, 0.3) is 0 Å². The first kappa shape index (κ1) is 6.29. The summed E-state index contributed by atoms with van der Waals surface area (Å²) in [5.74, 6) is 0. The van der Waals surface area contributed by atoms with Crippen LogP contribution in [0.4, 0.5) is 0 Å². The highest BCUT2D eigenvalue weighted by Crippen LogP contribution is 1.92. The van der Waals surface area contributed by atoms with E-state index in [2.05, 4.69) is 14.2 Å². The molecule has 0 unspecified atom stereocenters. The molecule has 0 bridgehead atoms. The van der Waals surface area contributed by atoms with Crippen molar-refractivity contribution in [1.29, 1.82) is 0 Å². The molecule has 0 saturated carbocycles. The van der Waals surface area contributed by atoms with Crippen molar-refractivity contribution in [2.75, 3.05) is 6.26 Å². The van der Waals surface area contributed by atoms with Crippen LogP contribution in [0.1, 0.15) is 0 Å². The molecule has 0 spiro atoms. The SMILES string of the molecule is BOOOSC. The van der Waals surface area contributed by atoms with Crippen LogP contribution in [0.5, 0.6) is 0 Å². The predicted molar refractivity (Wildman–Crippen MR) is 25.3 cm³/mol. The van der Waals surface area contributed by atoms with Gasteiger partial charge in [-0.15, -0.1) is 4.33 Å². The highest BCUT2D eigenvalue weighted by atomic mass is 32.2. The second-order valence-electron chi connectivity index (χ2n) is 0.469. The van der Waals surface area contributed by atoms with Crippen LogP contribution in [0.25, 0.3) is 0 Å². The lowest BCUT2D eigenvalue weighted by atomic mass is 10.6. The van der Waals surface area contributed by atoms with Gasteiger partial charge in [-0.25, -0.2) is 0 Å². The van der Waals surface area contributed by atoms with E-state index in [1.54, 1.807) is 6.26 Å². The van der Waals surface area contributed by atoms with Crippen molar-refractivity contribution < 1.29 is 14.2 Å². The van der Waals surface area contributed by atoms with Gasteiger partial charge < -0.3 is 0 Å². The quantitative estimate of drug-likeness (QED) is 0.163. The minimum atomic E-state index is 1.08. The smallest absolute Gasteiger partial charge is 0.284 e. The van der Waals surface area contributed by atoms with E-state index >= 15 is 0 Å². The Labute approximate surface area is 41.5 Å². The fraction of sp³-hybridized carbons (Fsp3) is 1.00. The first-order valence-electron chi connectivity index (χ1n) is 1.32. The summed E-state index contributed by atoms with van der Waals surface area (Å²) >= 11 is 1.08. The molecule has 36 valence electrons. The Kier molecular flexibility index (Phi) is 5.56. The summed E-state index contributed by atoms with van der Waals surface area (Å²) in [5.41, 5.74) is 0. The van der Waals surface area contributed by atoms with E-state index < -0.39 is 0 Å². The van der Waals surface area contributed by atoms with Gasteiger partial charge in [0.1, 0.15) is 0 Å². The second kappa shape index (κ2) is 5.29. The van der Waals surface area contributed by atoms with Crippen LogP contribution < -0.4 is 0 Å². The third-order valence-electron chi connectivity index (χ3n) is 0.164. The van der Waals surface area contributed by atoms with E-state index in [4.69, 9.17) is 0 Å². The molecule has 0 aromatic heterocycles. The predicted octanol–water partition coefficient (Wildman–Crippen LogP) is -0.308. The average molecular weight is 108 g/mol. The highest BCUT2D eigenvalue weighted by molar-refractivity contribution is 7.93. The van der Waals surface area contributed by atoms with Crippen molar-refractivity contribution in [2.45, 2.75) is 0 Å². The number of hydrogen-bond acceptors (Lipinski definition) is 4. The Morgan fingerprint density at radius 1 is 1.67 bits per heavy atom. The molecule has 3 nitrogen and oxygen atoms in total. The lowest BCUT2D eigenvalue weighted by molar-refractivity contribution is -0.404. The molecule has 0 fully saturated rings. The average Bonchev–Trinajstić information content (AvgIpc) is 1.61. The molecule has 6 heavy (non-hydrogen) atoms. The standard InChI is InChI=1S/CH5BO3S/c1-6-5-4-3-2/h2H2,1H3. The molecule has 0 N–H and O–H groups in total. The summed E-state index contributed by atoms with van der Waals surface area (Å²) in [4.78, 5) is 4.04. The van der Waals surface area contributed by atoms with Gasteiger partial charge in [-0.05, 0) is 0 Å². The zero-order valence-electron chi connectivity index (χ0n) is 3.63. The van der Waals surface area contributed by atoms with Gasteiger partial charge in [-0.2, -0.15) is 0 Å². The molecule has 5 heteroatoms. The van der Waals surface area contributed by atoms with Gasteiger partial charge in [-0.1, -0.05) is 5.04 Å². The highest BCUT2D eigenvalue weighted by Gasteiger charge is 1.73. The van der Waals surface area contributed by atoms with Crippen molar-refractivity contribution in [2.24, 2.45) is 0 Å². The van der Waals surface area contributed by atoms with Gasteiger partial charge in [0, 0.05) is 18.3 Å². The maximum Gasteiger partial charge on any atom is 0.310 e. The Bertz CT molecular complexity index is 22.8. The van der Waals surface area contributed by atoms with Crippen molar-refractivity contribution in [3.8, 4) is 0 Å². The van der Waals surface area contributed by atoms with Crippen LogP contribution >= 0.6 is 12.0 Å². The van der Waals surface area contributed by atoms with E-state index in [1.165, 1.54) is 8.05 Å². The third-order valence-corrected chi connectivity index (χ3v) is 0.355. The number of hydrogen-bond donors (Lipinski definition) is 0. The van der Waals surface area contributed by atoms with Gasteiger partial charge in [0.15, 0.2) is 0 Å². The summed E-state index contributed by atoms with van der Waals surface area (Å²) < 4.78 is 4.18. The molecule has 0 saturated heterocycles. The van der Waals surface area contributed by atoms with E-state index in [1.807, 2.05) is 0 Å². The fourth-order valence-electron chi connectivity index (χ4n) is 0.0556. The summed E-state index contributed by atoms with van der Waals surface area (Å²) in [6.07, 6.45) is 1.72. The van der Waals surface area contributed by atoms with Crippen LogP contribution in [0, 0.1) is 0 Å². The second-order valence-corrected chi connectivity index (χ2v) is 0.939. The van der Waals surface area contributed by atoms with E-state index in [-0.39, 0.29) is 0 Å². The van der Waals surface area contributed by atoms with E-state index in [0.29, 0.717) is 0 Å². The van der Waals surface area contributed by atoms with Crippen molar-refractivity contribution in [3.63, 3.8) is 0 Å². The molecular formula is CH5BO3S. The molecule has 0 aromatic carbocycles. The summed E-state index contributed by atoms with van der Waals surface area (Å²) in [7, 11) is 1.37. The first-order valence-corrected chi connectivity index (χ1v) is 2.47. The minimum Gasteiger partial charge on any atom is -0.284 e. The van der Waals surface area contributed by atoms with Crippen LogP contribution in [0.2, 0.25) is 0 Å². The Morgan fingerprint density at radius 3 is 2.50 bits per heavy atom.